The lowest BCUT2D eigenvalue weighted by molar-refractivity contribution is -0.138. The smallest absolute Gasteiger partial charge is 0.274 e. The summed E-state index contributed by atoms with van der Waals surface area (Å²) >= 11 is 0. The molecule has 2 heterocycles. The van der Waals surface area contributed by atoms with Crippen molar-refractivity contribution in [3.8, 4) is 0 Å². The first-order valence-electron chi connectivity index (χ1n) is 17.2. The average Bonchev–Trinajstić information content (AvgIpc) is 3.15. The summed E-state index contributed by atoms with van der Waals surface area (Å²) in [5.74, 6) is -5.03. The highest BCUT2D eigenvalue weighted by Gasteiger charge is 2.39. The number of fused-ring (bicyclic) bond motifs is 2. The van der Waals surface area contributed by atoms with Crippen LogP contribution in [0.15, 0.2) is 84.9 Å². The second kappa shape index (κ2) is 12.0. The maximum atomic E-state index is 16.5. The van der Waals surface area contributed by atoms with Crippen molar-refractivity contribution in [1.29, 1.82) is 0 Å². The quantitative estimate of drug-likeness (QED) is 0.0731. The van der Waals surface area contributed by atoms with Gasteiger partial charge in [0.1, 0.15) is 11.6 Å². The number of alkyl halides is 6. The summed E-state index contributed by atoms with van der Waals surface area (Å²) in [4.78, 5) is 57.1. The molecular weight excluding hydrogens is 748 g/mol. The molecule has 0 N–H and O–H groups in total. The molecule has 7 aromatic carbocycles. The first kappa shape index (κ1) is 35.3. The van der Waals surface area contributed by atoms with Gasteiger partial charge in [0.15, 0.2) is 0 Å². The highest BCUT2D eigenvalue weighted by molar-refractivity contribution is 6.41. The van der Waals surface area contributed by atoms with Crippen molar-refractivity contribution in [1.82, 2.24) is 9.80 Å². The van der Waals surface area contributed by atoms with Gasteiger partial charge in [-0.15, -0.1) is 0 Å². The van der Waals surface area contributed by atoms with Crippen molar-refractivity contribution < 1.29 is 54.3 Å². The minimum Gasteiger partial charge on any atom is -0.274 e. The fraction of sp³-hybridized carbons (Fsp3) is 0.143. The number of carbonyl (C=O) groups is 4. The molecule has 0 radical (unpaired) electrons. The van der Waals surface area contributed by atoms with E-state index < -0.39 is 58.7 Å². The summed E-state index contributed by atoms with van der Waals surface area (Å²) < 4.78 is 111. The van der Waals surface area contributed by atoms with Crippen molar-refractivity contribution in [3.63, 3.8) is 0 Å². The van der Waals surface area contributed by atoms with Gasteiger partial charge in [-0.1, -0.05) is 36.4 Å². The third kappa shape index (κ3) is 5.15. The second-order valence-corrected chi connectivity index (χ2v) is 13.8. The van der Waals surface area contributed by atoms with Crippen LogP contribution >= 0.6 is 0 Å². The molecule has 0 fully saturated rings. The van der Waals surface area contributed by atoms with E-state index in [-0.39, 0.29) is 91.3 Å². The van der Waals surface area contributed by atoms with E-state index in [9.17, 15) is 45.5 Å². The van der Waals surface area contributed by atoms with Gasteiger partial charge < -0.3 is 0 Å². The van der Waals surface area contributed by atoms with Gasteiger partial charge in [0, 0.05) is 51.1 Å². The Hall–Kier alpha value is -6.44. The lowest BCUT2D eigenvalue weighted by Crippen LogP contribution is -2.41. The third-order valence-electron chi connectivity index (χ3n) is 10.7. The lowest BCUT2D eigenvalue weighted by Gasteiger charge is -2.30. The third-order valence-corrected chi connectivity index (χ3v) is 10.7. The zero-order chi connectivity index (χ0) is 39.6. The van der Waals surface area contributed by atoms with Crippen LogP contribution in [0.25, 0.3) is 43.1 Å². The molecule has 0 aromatic heterocycles. The van der Waals surface area contributed by atoms with E-state index in [0.717, 1.165) is 46.2 Å². The van der Waals surface area contributed by atoms with Gasteiger partial charge in [-0.05, 0) is 88.7 Å². The Morgan fingerprint density at radius 2 is 0.768 bits per heavy atom. The van der Waals surface area contributed by atoms with Gasteiger partial charge in [-0.2, -0.15) is 26.3 Å². The predicted octanol–water partition coefficient (Wildman–Crippen LogP) is 9.73. The Morgan fingerprint density at radius 3 is 1.14 bits per heavy atom. The fourth-order valence-corrected chi connectivity index (χ4v) is 8.08. The fourth-order valence-electron chi connectivity index (χ4n) is 8.08. The van der Waals surface area contributed by atoms with E-state index in [0.29, 0.717) is 11.1 Å². The number of halogens is 8. The number of rotatable bonds is 6. The van der Waals surface area contributed by atoms with Gasteiger partial charge in [0.2, 0.25) is 0 Å². The number of benzene rings is 7. The predicted molar refractivity (Wildman–Crippen MR) is 189 cm³/mol. The van der Waals surface area contributed by atoms with E-state index >= 15 is 8.78 Å². The molecule has 14 heteroatoms. The lowest BCUT2D eigenvalue weighted by atomic mass is 9.81. The summed E-state index contributed by atoms with van der Waals surface area (Å²) in [5, 5.41) is 0.442. The Bertz CT molecular complexity index is 2760. The Kier molecular flexibility index (Phi) is 7.58. The minimum atomic E-state index is -4.56. The summed E-state index contributed by atoms with van der Waals surface area (Å²) in [6.45, 7) is -0.443. The highest BCUT2D eigenvalue weighted by atomic mass is 19.4. The van der Waals surface area contributed by atoms with Crippen molar-refractivity contribution in [2.45, 2.75) is 25.2 Å². The van der Waals surface area contributed by atoms with Crippen LogP contribution in [0.5, 0.6) is 0 Å². The first-order chi connectivity index (χ1) is 26.5. The van der Waals surface area contributed by atoms with Crippen LogP contribution in [-0.4, -0.2) is 46.5 Å². The SMILES string of the molecule is O=C1c2ccc3c4c(F)cc5c6c(cc(F)c(c7ccc(c2c37)C(=O)N1CCc1ccc(C(F)(F)F)cc1)c64)C(=O)N(CCc1ccc(C(F)(F)F)cc1)C5=O. The molecule has 2 aliphatic rings. The number of nitrogens with zero attached hydrogens (tertiary/aromatic N) is 2. The van der Waals surface area contributed by atoms with Crippen molar-refractivity contribution >= 4 is 66.7 Å². The zero-order valence-corrected chi connectivity index (χ0v) is 28.5. The molecule has 0 aliphatic carbocycles. The van der Waals surface area contributed by atoms with E-state index in [4.69, 9.17) is 0 Å². The largest absolute Gasteiger partial charge is 0.416 e. The average molecular weight is 771 g/mol. The van der Waals surface area contributed by atoms with Gasteiger partial charge in [0.05, 0.1) is 22.3 Å². The van der Waals surface area contributed by atoms with E-state index in [1.54, 1.807) is 0 Å². The van der Waals surface area contributed by atoms with E-state index in [1.165, 1.54) is 48.5 Å². The maximum absolute atomic E-state index is 16.5. The molecule has 7 aromatic rings. The number of hydrogen-bond acceptors (Lipinski definition) is 4. The van der Waals surface area contributed by atoms with Crippen molar-refractivity contribution in [3.05, 3.63) is 141 Å². The van der Waals surface area contributed by atoms with Crippen LogP contribution in [-0.2, 0) is 25.2 Å². The maximum Gasteiger partial charge on any atom is 0.416 e. The molecule has 280 valence electrons. The molecule has 0 atom stereocenters. The van der Waals surface area contributed by atoms with Crippen LogP contribution < -0.4 is 0 Å². The van der Waals surface area contributed by atoms with E-state index in [2.05, 4.69) is 0 Å². The number of amides is 4. The first-order valence-corrected chi connectivity index (χ1v) is 17.2. The zero-order valence-electron chi connectivity index (χ0n) is 28.5. The second-order valence-electron chi connectivity index (χ2n) is 13.8. The van der Waals surface area contributed by atoms with Crippen LogP contribution in [0.4, 0.5) is 35.1 Å². The number of imide groups is 2. The van der Waals surface area contributed by atoms with Gasteiger partial charge >= 0.3 is 12.4 Å². The molecule has 2 aliphatic heterocycles. The van der Waals surface area contributed by atoms with Crippen LogP contribution in [0.3, 0.4) is 0 Å². The molecule has 9 rings (SSSR count). The summed E-state index contributed by atoms with van der Waals surface area (Å²) in [6, 6.07) is 16.1. The topological polar surface area (TPSA) is 74.8 Å². The summed E-state index contributed by atoms with van der Waals surface area (Å²) in [6.07, 6.45) is -9.06. The van der Waals surface area contributed by atoms with Crippen molar-refractivity contribution in [2.24, 2.45) is 0 Å². The van der Waals surface area contributed by atoms with Crippen LogP contribution in [0.1, 0.15) is 63.7 Å². The number of carbonyl (C=O) groups excluding carboxylic acids is 4. The standard InChI is InChI=1S/C42H22F8N2O4/c43-29-17-27-33-28(40(56)52(39(27)55)16-14-20-3-7-22(8-4-20)42(48,49)50)18-30(44)35-24-10-12-26-32-25(11-9-23(31(24)32)34(29)36(33)35)37(53)51(38(26)54)15-13-19-1-5-21(6-2-19)41(45,46)47/h1-12,17-18H,13-16H2. The molecular formula is C42H22F8N2O4. The summed E-state index contributed by atoms with van der Waals surface area (Å²) in [7, 11) is 0. The molecule has 56 heavy (non-hydrogen) atoms. The molecule has 6 nitrogen and oxygen atoms in total. The van der Waals surface area contributed by atoms with Gasteiger partial charge in [-0.25, -0.2) is 8.78 Å². The number of hydrogen-bond donors (Lipinski definition) is 0. The molecule has 0 unspecified atom stereocenters. The highest BCUT2D eigenvalue weighted by Crippen LogP contribution is 2.48. The van der Waals surface area contributed by atoms with Crippen LogP contribution in [0, 0.1) is 11.6 Å². The minimum absolute atomic E-state index is 0.0132. The molecule has 0 bridgehead atoms. The van der Waals surface area contributed by atoms with Crippen LogP contribution in [0.2, 0.25) is 0 Å². The monoisotopic (exact) mass is 770 g/mol. The summed E-state index contributed by atoms with van der Waals surface area (Å²) in [5.41, 5.74) is -1.17. The molecule has 0 saturated heterocycles. The normalized spacial score (nSPS) is 14.8. The molecule has 0 saturated carbocycles. The van der Waals surface area contributed by atoms with Gasteiger partial charge in [-0.3, -0.25) is 29.0 Å². The molecule has 0 spiro atoms. The Morgan fingerprint density at radius 1 is 0.411 bits per heavy atom. The Labute approximate surface area is 309 Å². The molecule has 4 amide bonds. The Balaban J connectivity index is 1.12. The van der Waals surface area contributed by atoms with E-state index in [1.807, 2.05) is 0 Å². The van der Waals surface area contributed by atoms with Crippen molar-refractivity contribution in [2.75, 3.05) is 13.1 Å². The van der Waals surface area contributed by atoms with Gasteiger partial charge in [0.25, 0.3) is 23.6 Å².